The van der Waals surface area contributed by atoms with E-state index in [0.29, 0.717) is 12.8 Å². The Hall–Kier alpha value is -2.75. The molecule has 3 nitrogen and oxygen atoms in total. The van der Waals surface area contributed by atoms with Crippen molar-refractivity contribution >= 4 is 22.3 Å². The van der Waals surface area contributed by atoms with Crippen LogP contribution < -0.4 is 0 Å². The number of allylic oxidation sites excluding steroid dienone is 2. The highest BCUT2D eigenvalue weighted by Crippen LogP contribution is 2.55. The van der Waals surface area contributed by atoms with Crippen LogP contribution in [-0.2, 0) is 17.8 Å². The lowest BCUT2D eigenvalue weighted by atomic mass is 9.71. The Bertz CT molecular complexity index is 1070. The highest BCUT2D eigenvalue weighted by molar-refractivity contribution is 6.03. The summed E-state index contributed by atoms with van der Waals surface area (Å²) in [5.41, 5.74) is 5.33. The molecule has 0 fully saturated rings. The van der Waals surface area contributed by atoms with Crippen molar-refractivity contribution in [3.05, 3.63) is 71.4 Å². The lowest BCUT2D eigenvalue weighted by Crippen LogP contribution is -2.26. The monoisotopic (exact) mass is 360 g/mol. The fraction of sp³-hybridized carbons (Fsp3) is 0.304. The van der Waals surface area contributed by atoms with Gasteiger partial charge in [0.15, 0.2) is 5.78 Å². The third-order valence-electron chi connectivity index (χ3n) is 6.14. The SMILES string of the molecule is O=C1C=C2c3ccc4nn(Cc5ccccc5)cc4c3C[C@]2(CCF)CC1. The number of hydrogen-bond acceptors (Lipinski definition) is 2. The largest absolute Gasteiger partial charge is 0.295 e. The van der Waals surface area contributed by atoms with Crippen LogP contribution in [0.3, 0.4) is 0 Å². The summed E-state index contributed by atoms with van der Waals surface area (Å²) in [5.74, 6) is 0.159. The van der Waals surface area contributed by atoms with Crippen molar-refractivity contribution in [3.8, 4) is 0 Å². The Labute approximate surface area is 157 Å². The number of hydrogen-bond donors (Lipinski definition) is 0. The van der Waals surface area contributed by atoms with E-state index in [0.717, 1.165) is 41.4 Å². The standard InChI is InChI=1S/C23H21FN2O/c24-11-10-23-9-8-17(27)12-21(23)18-6-7-22-20(19(18)13-23)15-26(25-22)14-16-4-2-1-3-5-16/h1-7,12,15H,8-11,13-14H2/t23-/m1/s1. The van der Waals surface area contributed by atoms with Gasteiger partial charge in [0.1, 0.15) is 0 Å². The highest BCUT2D eigenvalue weighted by atomic mass is 19.1. The molecule has 0 N–H and O–H groups in total. The molecule has 5 rings (SSSR count). The number of alkyl halides is 1. The second-order valence-corrected chi connectivity index (χ2v) is 7.76. The Kier molecular flexibility index (Phi) is 3.74. The molecule has 3 aromatic rings. The zero-order chi connectivity index (χ0) is 18.4. The fourth-order valence-electron chi connectivity index (χ4n) is 4.79. The summed E-state index contributed by atoms with van der Waals surface area (Å²) in [6.45, 7) is 0.372. The van der Waals surface area contributed by atoms with Gasteiger partial charge in [0, 0.05) is 23.4 Å². The number of carbonyl (C=O) groups excluding carboxylic acids is 1. The highest BCUT2D eigenvalue weighted by Gasteiger charge is 2.44. The summed E-state index contributed by atoms with van der Waals surface area (Å²) in [4.78, 5) is 12.0. The van der Waals surface area contributed by atoms with Gasteiger partial charge in [0.05, 0.1) is 18.7 Å². The Morgan fingerprint density at radius 1 is 1.15 bits per heavy atom. The smallest absolute Gasteiger partial charge is 0.156 e. The molecule has 0 bridgehead atoms. The molecule has 2 aliphatic carbocycles. The van der Waals surface area contributed by atoms with Gasteiger partial charge in [-0.3, -0.25) is 13.9 Å². The maximum Gasteiger partial charge on any atom is 0.156 e. The van der Waals surface area contributed by atoms with Crippen LogP contribution in [0.2, 0.25) is 0 Å². The lowest BCUT2D eigenvalue weighted by molar-refractivity contribution is -0.115. The van der Waals surface area contributed by atoms with Gasteiger partial charge in [0.2, 0.25) is 0 Å². The van der Waals surface area contributed by atoms with Crippen LogP contribution in [0.4, 0.5) is 4.39 Å². The first-order chi connectivity index (χ1) is 13.2. The van der Waals surface area contributed by atoms with Crippen LogP contribution in [-0.4, -0.2) is 22.2 Å². The molecular formula is C23H21FN2O. The Balaban J connectivity index is 1.60. The van der Waals surface area contributed by atoms with Crippen molar-refractivity contribution in [1.82, 2.24) is 9.78 Å². The van der Waals surface area contributed by atoms with Gasteiger partial charge in [0.25, 0.3) is 0 Å². The number of rotatable bonds is 4. The molecule has 136 valence electrons. The molecule has 0 saturated carbocycles. The van der Waals surface area contributed by atoms with Crippen molar-refractivity contribution in [1.29, 1.82) is 0 Å². The number of nitrogens with zero attached hydrogens (tertiary/aromatic N) is 2. The number of ketones is 1. The van der Waals surface area contributed by atoms with Crippen LogP contribution >= 0.6 is 0 Å². The number of halogens is 1. The van der Waals surface area contributed by atoms with Crippen molar-refractivity contribution in [2.24, 2.45) is 5.41 Å². The summed E-state index contributed by atoms with van der Waals surface area (Å²) in [7, 11) is 0. The molecule has 0 amide bonds. The van der Waals surface area contributed by atoms with Crippen molar-refractivity contribution in [2.75, 3.05) is 6.67 Å². The molecule has 0 unspecified atom stereocenters. The normalized spacial score (nSPS) is 21.2. The van der Waals surface area contributed by atoms with Crippen molar-refractivity contribution < 1.29 is 9.18 Å². The summed E-state index contributed by atoms with van der Waals surface area (Å²) >= 11 is 0. The molecule has 0 saturated heterocycles. The minimum Gasteiger partial charge on any atom is -0.295 e. The summed E-state index contributed by atoms with van der Waals surface area (Å²) < 4.78 is 15.3. The summed E-state index contributed by atoms with van der Waals surface area (Å²) in [6.07, 6.45) is 6.43. The predicted octanol–water partition coefficient (Wildman–Crippen LogP) is 4.73. The second kappa shape index (κ2) is 6.15. The fourth-order valence-corrected chi connectivity index (χ4v) is 4.79. The summed E-state index contributed by atoms with van der Waals surface area (Å²) in [5, 5.41) is 5.87. The van der Waals surface area contributed by atoms with Crippen LogP contribution in [0, 0.1) is 5.41 Å². The van der Waals surface area contributed by atoms with E-state index in [-0.39, 0.29) is 17.9 Å². The third kappa shape index (κ3) is 2.62. The second-order valence-electron chi connectivity index (χ2n) is 7.76. The Morgan fingerprint density at radius 2 is 2.00 bits per heavy atom. The average Bonchev–Trinajstić information content (AvgIpc) is 3.21. The lowest BCUT2D eigenvalue weighted by Gasteiger charge is -2.32. The van der Waals surface area contributed by atoms with Crippen LogP contribution in [0.1, 0.15) is 36.0 Å². The predicted molar refractivity (Wildman–Crippen MR) is 104 cm³/mol. The average molecular weight is 360 g/mol. The molecule has 4 heteroatoms. The van der Waals surface area contributed by atoms with Crippen LogP contribution in [0.5, 0.6) is 0 Å². The molecule has 1 aromatic heterocycles. The maximum atomic E-state index is 13.4. The molecule has 27 heavy (non-hydrogen) atoms. The van der Waals surface area contributed by atoms with Gasteiger partial charge in [-0.05, 0) is 53.7 Å². The zero-order valence-electron chi connectivity index (χ0n) is 15.1. The maximum absolute atomic E-state index is 13.4. The minimum absolute atomic E-state index is 0.159. The third-order valence-corrected chi connectivity index (χ3v) is 6.14. The molecule has 1 atom stereocenters. The van der Waals surface area contributed by atoms with Gasteiger partial charge in [-0.1, -0.05) is 36.4 Å². The van der Waals surface area contributed by atoms with E-state index >= 15 is 0 Å². The van der Waals surface area contributed by atoms with Crippen LogP contribution in [0.15, 0.2) is 54.7 Å². The molecular weight excluding hydrogens is 339 g/mol. The number of benzene rings is 2. The van der Waals surface area contributed by atoms with Gasteiger partial charge < -0.3 is 0 Å². The number of carbonyl (C=O) groups is 1. The molecule has 2 aliphatic rings. The topological polar surface area (TPSA) is 34.9 Å². The molecule has 0 aliphatic heterocycles. The van der Waals surface area contributed by atoms with Gasteiger partial charge in [-0.2, -0.15) is 5.10 Å². The molecule has 0 radical (unpaired) electrons. The molecule has 1 heterocycles. The van der Waals surface area contributed by atoms with E-state index in [4.69, 9.17) is 5.10 Å². The van der Waals surface area contributed by atoms with Crippen molar-refractivity contribution in [3.63, 3.8) is 0 Å². The number of fused-ring (bicyclic) bond motifs is 5. The van der Waals surface area contributed by atoms with Crippen LogP contribution in [0.25, 0.3) is 16.5 Å². The number of aromatic nitrogens is 2. The Morgan fingerprint density at radius 3 is 2.81 bits per heavy atom. The first-order valence-electron chi connectivity index (χ1n) is 9.53. The van der Waals surface area contributed by atoms with Gasteiger partial charge in [-0.25, -0.2) is 0 Å². The van der Waals surface area contributed by atoms with E-state index < -0.39 is 0 Å². The first kappa shape index (κ1) is 16.4. The van der Waals surface area contributed by atoms with E-state index in [9.17, 15) is 9.18 Å². The minimum atomic E-state index is -0.351. The van der Waals surface area contributed by atoms with Gasteiger partial charge >= 0.3 is 0 Å². The molecule has 0 spiro atoms. The van der Waals surface area contributed by atoms with Crippen molar-refractivity contribution in [2.45, 2.75) is 32.2 Å². The first-order valence-corrected chi connectivity index (χ1v) is 9.53. The zero-order valence-corrected chi connectivity index (χ0v) is 15.1. The summed E-state index contributed by atoms with van der Waals surface area (Å²) in [6, 6.07) is 14.4. The van der Waals surface area contributed by atoms with E-state index in [1.807, 2.05) is 28.9 Å². The van der Waals surface area contributed by atoms with E-state index in [1.54, 1.807) is 6.08 Å². The van der Waals surface area contributed by atoms with E-state index in [2.05, 4.69) is 24.4 Å². The van der Waals surface area contributed by atoms with E-state index in [1.165, 1.54) is 11.1 Å². The quantitative estimate of drug-likeness (QED) is 0.674. The molecule has 2 aromatic carbocycles. The van der Waals surface area contributed by atoms with Gasteiger partial charge in [-0.15, -0.1) is 0 Å².